The molecule has 1 saturated carbocycles. The fourth-order valence-corrected chi connectivity index (χ4v) is 5.50. The number of halogens is 1. The van der Waals surface area contributed by atoms with Crippen molar-refractivity contribution in [3.05, 3.63) is 107 Å². The molecule has 1 aliphatic rings. The summed E-state index contributed by atoms with van der Waals surface area (Å²) >= 11 is 0. The minimum absolute atomic E-state index is 0. The molecule has 192 valence electrons. The van der Waals surface area contributed by atoms with Crippen LogP contribution in [-0.4, -0.2) is 13.0 Å². The van der Waals surface area contributed by atoms with Crippen LogP contribution in [0, 0.1) is 5.92 Å². The zero-order valence-corrected chi connectivity index (χ0v) is 22.9. The van der Waals surface area contributed by atoms with Gasteiger partial charge in [0.15, 0.2) is 0 Å². The van der Waals surface area contributed by atoms with Crippen LogP contribution in [0.2, 0.25) is 0 Å². The SMILES string of the molecule is C[C@H](NC(=O)[C@H]1CCCC[C@@H]1c1ccc(C[NH+](C)C(C)(C)c2ccccc2)cc1)c1ccccc1.[Cl-]. The van der Waals surface area contributed by atoms with Gasteiger partial charge in [-0.15, -0.1) is 0 Å². The van der Waals surface area contributed by atoms with Crippen LogP contribution in [0.3, 0.4) is 0 Å². The first-order valence-electron chi connectivity index (χ1n) is 13.2. The fraction of sp³-hybridized carbons (Fsp3) is 0.406. The van der Waals surface area contributed by atoms with E-state index in [1.165, 1.54) is 28.0 Å². The van der Waals surface area contributed by atoms with Crippen molar-refractivity contribution in [3.63, 3.8) is 0 Å². The summed E-state index contributed by atoms with van der Waals surface area (Å²) in [5.74, 6) is 0.543. The van der Waals surface area contributed by atoms with Crippen molar-refractivity contribution in [2.24, 2.45) is 5.92 Å². The molecule has 0 bridgehead atoms. The Bertz CT molecular complexity index is 1080. The summed E-state index contributed by atoms with van der Waals surface area (Å²) < 4.78 is 0. The number of hydrogen-bond acceptors (Lipinski definition) is 1. The summed E-state index contributed by atoms with van der Waals surface area (Å²) in [6, 6.07) is 30.1. The van der Waals surface area contributed by atoms with Crippen LogP contribution < -0.4 is 22.6 Å². The predicted molar refractivity (Wildman–Crippen MR) is 144 cm³/mol. The van der Waals surface area contributed by atoms with E-state index in [1.54, 1.807) is 0 Å². The van der Waals surface area contributed by atoms with Crippen molar-refractivity contribution in [3.8, 4) is 0 Å². The average molecular weight is 505 g/mol. The Morgan fingerprint density at radius 1 is 0.917 bits per heavy atom. The lowest BCUT2D eigenvalue weighted by Gasteiger charge is -2.33. The number of carbonyl (C=O) groups is 1. The zero-order valence-electron chi connectivity index (χ0n) is 22.1. The van der Waals surface area contributed by atoms with E-state index in [0.29, 0.717) is 5.92 Å². The van der Waals surface area contributed by atoms with E-state index in [4.69, 9.17) is 0 Å². The molecule has 1 fully saturated rings. The van der Waals surface area contributed by atoms with Crippen LogP contribution >= 0.6 is 0 Å². The van der Waals surface area contributed by atoms with Gasteiger partial charge in [0.1, 0.15) is 12.1 Å². The van der Waals surface area contributed by atoms with Gasteiger partial charge in [-0.3, -0.25) is 4.79 Å². The van der Waals surface area contributed by atoms with Gasteiger partial charge in [-0.2, -0.15) is 0 Å². The highest BCUT2D eigenvalue weighted by Gasteiger charge is 2.33. The van der Waals surface area contributed by atoms with Gasteiger partial charge in [-0.25, -0.2) is 0 Å². The quantitative estimate of drug-likeness (QED) is 0.486. The third kappa shape index (κ3) is 6.57. The first-order valence-corrected chi connectivity index (χ1v) is 13.2. The van der Waals surface area contributed by atoms with Gasteiger partial charge in [-0.05, 0) is 50.7 Å². The molecule has 2 N–H and O–H groups in total. The molecule has 0 heterocycles. The van der Waals surface area contributed by atoms with Crippen molar-refractivity contribution in [1.82, 2.24) is 5.32 Å². The van der Waals surface area contributed by atoms with E-state index in [2.05, 4.69) is 99.9 Å². The number of amides is 1. The van der Waals surface area contributed by atoms with Crippen molar-refractivity contribution < 1.29 is 22.1 Å². The summed E-state index contributed by atoms with van der Waals surface area (Å²) in [6.07, 6.45) is 4.39. The molecule has 0 radical (unpaired) electrons. The van der Waals surface area contributed by atoms with E-state index in [0.717, 1.165) is 31.4 Å². The number of benzene rings is 3. The first-order chi connectivity index (χ1) is 16.9. The smallest absolute Gasteiger partial charge is 0.224 e. The number of hydrogen-bond donors (Lipinski definition) is 2. The minimum atomic E-state index is 0. The van der Waals surface area contributed by atoms with Gasteiger partial charge >= 0.3 is 0 Å². The maximum Gasteiger partial charge on any atom is 0.224 e. The average Bonchev–Trinajstić information content (AvgIpc) is 2.90. The number of nitrogens with one attached hydrogen (secondary N) is 2. The monoisotopic (exact) mass is 504 g/mol. The Morgan fingerprint density at radius 2 is 1.50 bits per heavy atom. The summed E-state index contributed by atoms with van der Waals surface area (Å²) in [5, 5.41) is 3.29. The fourth-order valence-electron chi connectivity index (χ4n) is 5.50. The number of carbonyl (C=O) groups excluding carboxylic acids is 1. The summed E-state index contributed by atoms with van der Waals surface area (Å²) in [6.45, 7) is 7.67. The maximum absolute atomic E-state index is 13.3. The van der Waals surface area contributed by atoms with E-state index in [1.807, 2.05) is 18.2 Å². The van der Waals surface area contributed by atoms with E-state index >= 15 is 0 Å². The van der Waals surface area contributed by atoms with Crippen molar-refractivity contribution in [2.75, 3.05) is 7.05 Å². The standard InChI is InChI=1S/C32H40N2O.ClH/c1-24(26-13-7-5-8-14-26)33-31(35)30-18-12-11-17-29(30)27-21-19-25(20-22-27)23-34(4)32(2,3)28-15-9-6-10-16-28;/h5-10,13-16,19-22,24,29-30H,11-12,17-18,23H2,1-4H3,(H,33,35);1H/t24-,29+,30-;/m0./s1. The summed E-state index contributed by atoms with van der Waals surface area (Å²) in [4.78, 5) is 14.8. The second-order valence-corrected chi connectivity index (χ2v) is 10.8. The van der Waals surface area contributed by atoms with Crippen molar-refractivity contribution >= 4 is 5.91 Å². The van der Waals surface area contributed by atoms with Gasteiger partial charge < -0.3 is 22.6 Å². The molecular weight excluding hydrogens is 464 g/mol. The molecule has 0 aliphatic heterocycles. The molecule has 36 heavy (non-hydrogen) atoms. The Kier molecular flexibility index (Phi) is 9.76. The summed E-state index contributed by atoms with van der Waals surface area (Å²) in [5.41, 5.74) is 5.19. The highest BCUT2D eigenvalue weighted by Crippen LogP contribution is 2.38. The van der Waals surface area contributed by atoms with E-state index < -0.39 is 0 Å². The molecule has 0 saturated heterocycles. The molecule has 1 aliphatic carbocycles. The van der Waals surface area contributed by atoms with Crippen LogP contribution in [0.4, 0.5) is 0 Å². The molecule has 4 heteroatoms. The van der Waals surface area contributed by atoms with Crippen LogP contribution in [0.5, 0.6) is 0 Å². The highest BCUT2D eigenvalue weighted by atomic mass is 35.5. The van der Waals surface area contributed by atoms with E-state index in [-0.39, 0.29) is 35.8 Å². The molecule has 4 rings (SSSR count). The molecule has 0 aromatic heterocycles. The molecular formula is C32H41ClN2O. The lowest BCUT2D eigenvalue weighted by Crippen LogP contribution is -3.14. The maximum atomic E-state index is 13.3. The second-order valence-electron chi connectivity index (χ2n) is 10.8. The molecule has 0 spiro atoms. The lowest BCUT2D eigenvalue weighted by molar-refractivity contribution is -0.951. The van der Waals surface area contributed by atoms with Gasteiger partial charge in [-0.1, -0.05) is 97.8 Å². The molecule has 3 nitrogen and oxygen atoms in total. The zero-order chi connectivity index (χ0) is 24.8. The molecule has 4 atom stereocenters. The number of quaternary nitrogens is 1. The van der Waals surface area contributed by atoms with Gasteiger partial charge in [0.05, 0.1) is 13.1 Å². The van der Waals surface area contributed by atoms with Gasteiger partial charge in [0.25, 0.3) is 0 Å². The largest absolute Gasteiger partial charge is 1.00 e. The topological polar surface area (TPSA) is 33.5 Å². The normalized spacial score (nSPS) is 19.6. The van der Waals surface area contributed by atoms with Crippen molar-refractivity contribution in [1.29, 1.82) is 0 Å². The van der Waals surface area contributed by atoms with Crippen molar-refractivity contribution in [2.45, 2.75) is 70.5 Å². The molecule has 1 unspecified atom stereocenters. The lowest BCUT2D eigenvalue weighted by atomic mass is 9.74. The minimum Gasteiger partial charge on any atom is -1.00 e. The molecule has 3 aromatic rings. The van der Waals surface area contributed by atoms with Crippen LogP contribution in [0.1, 0.15) is 80.7 Å². The Balaban J connectivity index is 0.00000361. The third-order valence-electron chi connectivity index (χ3n) is 8.20. The van der Waals surface area contributed by atoms with Crippen LogP contribution in [-0.2, 0) is 16.9 Å². The number of rotatable bonds is 8. The Labute approximate surface area is 223 Å². The first kappa shape index (κ1) is 28.0. The van der Waals surface area contributed by atoms with Crippen LogP contribution in [0.25, 0.3) is 0 Å². The predicted octanol–water partition coefficient (Wildman–Crippen LogP) is 2.79. The summed E-state index contributed by atoms with van der Waals surface area (Å²) in [7, 11) is 2.27. The second kappa shape index (κ2) is 12.6. The Morgan fingerprint density at radius 3 is 2.14 bits per heavy atom. The molecule has 3 aromatic carbocycles. The van der Waals surface area contributed by atoms with Gasteiger partial charge in [0.2, 0.25) is 5.91 Å². The third-order valence-corrected chi connectivity index (χ3v) is 8.20. The van der Waals surface area contributed by atoms with Crippen LogP contribution in [0.15, 0.2) is 84.9 Å². The van der Waals surface area contributed by atoms with Gasteiger partial charge in [0, 0.05) is 17.0 Å². The highest BCUT2D eigenvalue weighted by molar-refractivity contribution is 5.80. The van der Waals surface area contributed by atoms with E-state index in [9.17, 15) is 4.79 Å². The Hall–Kier alpha value is -2.62. The molecule has 1 amide bonds.